The van der Waals surface area contributed by atoms with Gasteiger partial charge < -0.3 is 4.90 Å². The number of likely N-dealkylation sites (tertiary alicyclic amines) is 1. The van der Waals surface area contributed by atoms with Gasteiger partial charge in [0.1, 0.15) is 6.04 Å². The minimum atomic E-state index is -0.645. The smallest absolute Gasteiger partial charge is 0.236 e. The fraction of sp³-hybridized carbons (Fsp3) is 0.542. The molecule has 0 aromatic heterocycles. The van der Waals surface area contributed by atoms with E-state index in [9.17, 15) is 14.4 Å². The molecule has 5 nitrogen and oxygen atoms in total. The molecular formula is C24H30N2O3. The van der Waals surface area contributed by atoms with Crippen molar-refractivity contribution in [2.24, 2.45) is 17.3 Å². The van der Waals surface area contributed by atoms with Crippen LogP contribution in [0.5, 0.6) is 0 Å². The number of para-hydroxylation sites is 1. The Morgan fingerprint density at radius 2 is 1.52 bits per heavy atom. The quantitative estimate of drug-likeness (QED) is 0.682. The Labute approximate surface area is 172 Å². The van der Waals surface area contributed by atoms with Gasteiger partial charge in [0.15, 0.2) is 5.78 Å². The summed E-state index contributed by atoms with van der Waals surface area (Å²) in [6.07, 6.45) is 2.08. The Hall–Kier alpha value is -2.43. The second-order valence-corrected chi connectivity index (χ2v) is 10.6. The number of amides is 2. The SMILES string of the molecule is CC1=C[C@H]2[C@H]3C(=O)N(C(C)(C)C)C(=O)[C@@H]3[C@@H](C(=O)C(C)(C)C)N2c2ccccc21. The molecule has 3 heterocycles. The minimum absolute atomic E-state index is 0.00895. The van der Waals surface area contributed by atoms with E-state index in [1.807, 2.05) is 72.7 Å². The third-order valence-corrected chi connectivity index (χ3v) is 6.43. The first kappa shape index (κ1) is 19.9. The van der Waals surface area contributed by atoms with Crippen LogP contribution in [-0.2, 0) is 14.4 Å². The number of allylic oxidation sites excluding steroid dienone is 1. The van der Waals surface area contributed by atoms with Crippen LogP contribution < -0.4 is 4.90 Å². The lowest BCUT2D eigenvalue weighted by Crippen LogP contribution is -2.54. The van der Waals surface area contributed by atoms with E-state index < -0.39 is 28.8 Å². The van der Waals surface area contributed by atoms with Gasteiger partial charge in [-0.15, -0.1) is 0 Å². The van der Waals surface area contributed by atoms with E-state index in [4.69, 9.17) is 0 Å². The summed E-state index contributed by atoms with van der Waals surface area (Å²) >= 11 is 0. The van der Waals surface area contributed by atoms with Crippen molar-refractivity contribution >= 4 is 28.9 Å². The van der Waals surface area contributed by atoms with Crippen molar-refractivity contribution in [1.82, 2.24) is 4.90 Å². The van der Waals surface area contributed by atoms with Crippen LogP contribution in [0.4, 0.5) is 5.69 Å². The zero-order valence-electron chi connectivity index (χ0n) is 18.3. The maximum atomic E-state index is 13.6. The van der Waals surface area contributed by atoms with Crippen molar-refractivity contribution in [3.8, 4) is 0 Å². The molecule has 0 aliphatic carbocycles. The molecule has 4 rings (SSSR count). The number of Topliss-reactive ketones (excluding diaryl/α,β-unsaturated/α-hetero) is 1. The van der Waals surface area contributed by atoms with Crippen molar-refractivity contribution in [3.05, 3.63) is 35.9 Å². The third-order valence-electron chi connectivity index (χ3n) is 6.43. The fourth-order valence-electron chi connectivity index (χ4n) is 5.20. The minimum Gasteiger partial charge on any atom is -0.353 e. The zero-order chi connectivity index (χ0) is 21.5. The Balaban J connectivity index is 1.93. The van der Waals surface area contributed by atoms with E-state index in [1.165, 1.54) is 4.90 Å². The Bertz CT molecular complexity index is 948. The molecule has 1 aromatic rings. The third kappa shape index (κ3) is 2.70. The summed E-state index contributed by atoms with van der Waals surface area (Å²) in [5, 5.41) is 0. The van der Waals surface area contributed by atoms with Gasteiger partial charge >= 0.3 is 0 Å². The number of nitrogens with zero attached hydrogens (tertiary/aromatic N) is 2. The molecule has 3 aliphatic heterocycles. The van der Waals surface area contributed by atoms with Gasteiger partial charge in [0.2, 0.25) is 11.8 Å². The second-order valence-electron chi connectivity index (χ2n) is 10.6. The predicted molar refractivity (Wildman–Crippen MR) is 113 cm³/mol. The Morgan fingerprint density at radius 3 is 2.10 bits per heavy atom. The van der Waals surface area contributed by atoms with E-state index in [-0.39, 0.29) is 23.6 Å². The van der Waals surface area contributed by atoms with E-state index in [0.717, 1.165) is 16.8 Å². The first-order valence-electron chi connectivity index (χ1n) is 10.3. The summed E-state index contributed by atoms with van der Waals surface area (Å²) in [4.78, 5) is 44.1. The molecule has 0 saturated carbocycles. The molecule has 4 atom stereocenters. The van der Waals surface area contributed by atoms with E-state index in [1.54, 1.807) is 0 Å². The number of hydrogen-bond acceptors (Lipinski definition) is 4. The standard InChI is InChI=1S/C24H30N2O3/c1-13-12-16-17-18(22(29)26(21(17)28)24(5,6)7)19(20(27)23(2,3)4)25(16)15-11-9-8-10-14(13)15/h8-12,16-19H,1-7H3/t16-,17+,18-,19-/m0/s1. The lowest BCUT2D eigenvalue weighted by molar-refractivity contribution is -0.146. The number of rotatable bonds is 1. The fourth-order valence-corrected chi connectivity index (χ4v) is 5.20. The first-order valence-corrected chi connectivity index (χ1v) is 10.3. The van der Waals surface area contributed by atoms with Gasteiger partial charge in [0, 0.05) is 22.2 Å². The van der Waals surface area contributed by atoms with Crippen LogP contribution in [0.3, 0.4) is 0 Å². The molecule has 2 amide bonds. The highest BCUT2D eigenvalue weighted by atomic mass is 16.2. The van der Waals surface area contributed by atoms with E-state index >= 15 is 0 Å². The van der Waals surface area contributed by atoms with Gasteiger partial charge in [-0.2, -0.15) is 0 Å². The van der Waals surface area contributed by atoms with E-state index in [0.29, 0.717) is 0 Å². The van der Waals surface area contributed by atoms with Gasteiger partial charge in [0.05, 0.1) is 17.9 Å². The summed E-state index contributed by atoms with van der Waals surface area (Å²) in [7, 11) is 0. The molecule has 0 bridgehead atoms. The highest BCUT2D eigenvalue weighted by Crippen LogP contribution is 2.51. The molecule has 1 aromatic carbocycles. The van der Waals surface area contributed by atoms with Crippen LogP contribution in [0.1, 0.15) is 54.0 Å². The van der Waals surface area contributed by atoms with Gasteiger partial charge in [-0.25, -0.2) is 0 Å². The molecule has 5 heteroatoms. The molecule has 0 unspecified atom stereocenters. The molecule has 0 radical (unpaired) electrons. The lowest BCUT2D eigenvalue weighted by atomic mass is 9.79. The first-order chi connectivity index (χ1) is 13.4. The number of benzene rings is 1. The Morgan fingerprint density at radius 1 is 0.931 bits per heavy atom. The maximum Gasteiger partial charge on any atom is 0.236 e. The van der Waals surface area contributed by atoms with Gasteiger partial charge in [-0.05, 0) is 39.3 Å². The average molecular weight is 395 g/mol. The number of carbonyl (C=O) groups is 3. The topological polar surface area (TPSA) is 57.7 Å². The highest BCUT2D eigenvalue weighted by molar-refractivity contribution is 6.12. The number of hydrogen-bond donors (Lipinski definition) is 0. The molecule has 2 saturated heterocycles. The van der Waals surface area contributed by atoms with Crippen molar-refractivity contribution < 1.29 is 14.4 Å². The van der Waals surface area contributed by atoms with Crippen molar-refractivity contribution in [2.75, 3.05) is 4.90 Å². The van der Waals surface area contributed by atoms with Crippen LogP contribution in [0, 0.1) is 17.3 Å². The van der Waals surface area contributed by atoms with E-state index in [2.05, 4.69) is 11.0 Å². The molecule has 2 fully saturated rings. The number of anilines is 1. The van der Waals surface area contributed by atoms with Crippen molar-refractivity contribution in [3.63, 3.8) is 0 Å². The molecule has 154 valence electrons. The zero-order valence-corrected chi connectivity index (χ0v) is 18.3. The molecular weight excluding hydrogens is 364 g/mol. The van der Waals surface area contributed by atoms with Crippen LogP contribution >= 0.6 is 0 Å². The average Bonchev–Trinajstić information content (AvgIpc) is 3.07. The lowest BCUT2D eigenvalue weighted by Gasteiger charge is -2.40. The molecule has 0 spiro atoms. The van der Waals surface area contributed by atoms with Crippen LogP contribution in [0.25, 0.3) is 5.57 Å². The normalized spacial score (nSPS) is 28.9. The summed E-state index contributed by atoms with van der Waals surface area (Å²) in [5.74, 6) is -1.53. The van der Waals surface area contributed by atoms with Crippen LogP contribution in [0.2, 0.25) is 0 Å². The van der Waals surface area contributed by atoms with Crippen LogP contribution in [0.15, 0.2) is 30.3 Å². The summed E-state index contributed by atoms with van der Waals surface area (Å²) < 4.78 is 0. The van der Waals surface area contributed by atoms with Crippen LogP contribution in [-0.4, -0.2) is 40.1 Å². The van der Waals surface area contributed by atoms with Gasteiger partial charge in [-0.1, -0.05) is 45.0 Å². The monoisotopic (exact) mass is 394 g/mol. The van der Waals surface area contributed by atoms with Crippen molar-refractivity contribution in [1.29, 1.82) is 0 Å². The van der Waals surface area contributed by atoms with Gasteiger partial charge in [0.25, 0.3) is 0 Å². The highest BCUT2D eigenvalue weighted by Gasteiger charge is 2.66. The van der Waals surface area contributed by atoms with Crippen molar-refractivity contribution in [2.45, 2.75) is 66.1 Å². The second kappa shape index (κ2) is 6.04. The van der Waals surface area contributed by atoms with Gasteiger partial charge in [-0.3, -0.25) is 19.3 Å². The number of ketones is 1. The number of carbonyl (C=O) groups excluding carboxylic acids is 3. The Kier molecular flexibility index (Phi) is 4.14. The predicted octanol–water partition coefficient (Wildman–Crippen LogP) is 3.68. The molecule has 0 N–H and O–H groups in total. The summed E-state index contributed by atoms with van der Waals surface area (Å²) in [6, 6.07) is 7.04. The maximum absolute atomic E-state index is 13.6. The molecule has 3 aliphatic rings. The molecule has 29 heavy (non-hydrogen) atoms. The number of imide groups is 1. The summed E-state index contributed by atoms with van der Waals surface area (Å²) in [6.45, 7) is 13.3. The summed E-state index contributed by atoms with van der Waals surface area (Å²) in [5.41, 5.74) is 1.86. The largest absolute Gasteiger partial charge is 0.353 e. The number of fused-ring (bicyclic) bond motifs is 5.